The fraction of sp³-hybridized carbons (Fsp3) is 0.615. The molecule has 0 aliphatic carbocycles. The number of hydrogen-bond donors (Lipinski definition) is 0. The highest BCUT2D eigenvalue weighted by Crippen LogP contribution is 2.23. The molecule has 6 heteroatoms. The molecule has 6 nitrogen and oxygen atoms in total. The molecule has 0 atom stereocenters. The Morgan fingerprint density at radius 3 is 2.63 bits per heavy atom. The standard InChI is InChI=1S/C13H19N3O3/c1-8(2)12(17)16-6-5-9-10(7-16)15(3)14-11(9)13(18)19-4/h8H,5-7H2,1-4H3. The first-order valence-electron chi connectivity index (χ1n) is 6.37. The maximum atomic E-state index is 12.0. The molecule has 0 saturated heterocycles. The van der Waals surface area contributed by atoms with Crippen LogP contribution in [0.5, 0.6) is 0 Å². The van der Waals surface area contributed by atoms with Gasteiger partial charge in [0.1, 0.15) is 0 Å². The van der Waals surface area contributed by atoms with Gasteiger partial charge in [-0.05, 0) is 6.42 Å². The smallest absolute Gasteiger partial charge is 0.358 e. The monoisotopic (exact) mass is 265 g/mol. The van der Waals surface area contributed by atoms with Crippen molar-refractivity contribution in [1.29, 1.82) is 0 Å². The minimum atomic E-state index is -0.416. The first-order chi connectivity index (χ1) is 8.95. The van der Waals surface area contributed by atoms with E-state index in [4.69, 9.17) is 4.74 Å². The van der Waals surface area contributed by atoms with E-state index in [0.29, 0.717) is 25.2 Å². The number of esters is 1. The van der Waals surface area contributed by atoms with Crippen LogP contribution < -0.4 is 0 Å². The molecule has 0 fully saturated rings. The Bertz CT molecular complexity index is 519. The molecular weight excluding hydrogens is 246 g/mol. The normalized spacial score (nSPS) is 14.5. The lowest BCUT2D eigenvalue weighted by atomic mass is 10.0. The fourth-order valence-electron chi connectivity index (χ4n) is 2.38. The van der Waals surface area contributed by atoms with Gasteiger partial charge in [0.25, 0.3) is 0 Å². The van der Waals surface area contributed by atoms with Gasteiger partial charge in [0, 0.05) is 25.1 Å². The third-order valence-corrected chi connectivity index (χ3v) is 3.43. The third-order valence-electron chi connectivity index (χ3n) is 3.43. The lowest BCUT2D eigenvalue weighted by Crippen LogP contribution is -2.39. The summed E-state index contributed by atoms with van der Waals surface area (Å²) in [5.41, 5.74) is 2.19. The minimum absolute atomic E-state index is 0.0187. The van der Waals surface area contributed by atoms with Gasteiger partial charge in [-0.15, -0.1) is 0 Å². The van der Waals surface area contributed by atoms with Crippen molar-refractivity contribution in [3.8, 4) is 0 Å². The maximum absolute atomic E-state index is 12.0. The van der Waals surface area contributed by atoms with Crippen LogP contribution in [-0.4, -0.2) is 40.2 Å². The van der Waals surface area contributed by atoms with Crippen molar-refractivity contribution < 1.29 is 14.3 Å². The third kappa shape index (κ3) is 2.34. The largest absolute Gasteiger partial charge is 0.464 e. The zero-order valence-corrected chi connectivity index (χ0v) is 11.8. The van der Waals surface area contributed by atoms with Crippen molar-refractivity contribution in [1.82, 2.24) is 14.7 Å². The van der Waals surface area contributed by atoms with Gasteiger partial charge in [-0.1, -0.05) is 13.8 Å². The van der Waals surface area contributed by atoms with Crippen LogP contribution in [0.25, 0.3) is 0 Å². The molecule has 0 bridgehead atoms. The fourth-order valence-corrected chi connectivity index (χ4v) is 2.38. The molecule has 1 amide bonds. The van der Waals surface area contributed by atoms with Crippen LogP contribution in [0.1, 0.15) is 35.6 Å². The summed E-state index contributed by atoms with van der Waals surface area (Å²) >= 11 is 0. The molecule has 19 heavy (non-hydrogen) atoms. The molecule has 0 saturated carbocycles. The van der Waals surface area contributed by atoms with Crippen LogP contribution in [0.4, 0.5) is 0 Å². The van der Waals surface area contributed by atoms with Gasteiger partial charge >= 0.3 is 5.97 Å². The number of carbonyl (C=O) groups is 2. The Hall–Kier alpha value is -1.85. The van der Waals surface area contributed by atoms with Gasteiger partial charge in [-0.25, -0.2) is 4.79 Å². The van der Waals surface area contributed by atoms with E-state index in [1.807, 2.05) is 18.7 Å². The summed E-state index contributed by atoms with van der Waals surface area (Å²) in [6, 6.07) is 0. The maximum Gasteiger partial charge on any atom is 0.358 e. The summed E-state index contributed by atoms with van der Waals surface area (Å²) in [5.74, 6) is -0.304. The molecule has 2 rings (SSSR count). The summed E-state index contributed by atoms with van der Waals surface area (Å²) in [5, 5.41) is 4.21. The number of hydrogen-bond acceptors (Lipinski definition) is 4. The van der Waals surface area contributed by atoms with E-state index >= 15 is 0 Å². The molecule has 1 aliphatic rings. The molecule has 0 radical (unpaired) electrons. The summed E-state index contributed by atoms with van der Waals surface area (Å²) < 4.78 is 6.40. The lowest BCUT2D eigenvalue weighted by molar-refractivity contribution is -0.135. The van der Waals surface area contributed by atoms with E-state index in [-0.39, 0.29) is 11.8 Å². The summed E-state index contributed by atoms with van der Waals surface area (Å²) in [6.07, 6.45) is 0.645. The number of fused-ring (bicyclic) bond motifs is 1. The van der Waals surface area contributed by atoms with Crippen molar-refractivity contribution in [3.63, 3.8) is 0 Å². The number of ether oxygens (including phenoxy) is 1. The number of rotatable bonds is 2. The van der Waals surface area contributed by atoms with Crippen LogP contribution in [0.15, 0.2) is 0 Å². The highest BCUT2D eigenvalue weighted by Gasteiger charge is 2.29. The Morgan fingerprint density at radius 1 is 1.37 bits per heavy atom. The predicted molar refractivity (Wildman–Crippen MR) is 68.5 cm³/mol. The molecule has 0 spiro atoms. The Labute approximate surface area is 112 Å². The number of aryl methyl sites for hydroxylation is 1. The van der Waals surface area contributed by atoms with Crippen LogP contribution in [0, 0.1) is 5.92 Å². The molecule has 1 aromatic heterocycles. The van der Waals surface area contributed by atoms with Crippen molar-refractivity contribution in [2.75, 3.05) is 13.7 Å². The van der Waals surface area contributed by atoms with Crippen molar-refractivity contribution >= 4 is 11.9 Å². The average molecular weight is 265 g/mol. The van der Waals surface area contributed by atoms with Gasteiger partial charge in [0.05, 0.1) is 19.3 Å². The minimum Gasteiger partial charge on any atom is -0.464 e. The molecule has 2 heterocycles. The van der Waals surface area contributed by atoms with E-state index in [9.17, 15) is 9.59 Å². The Kier molecular flexibility index (Phi) is 3.59. The topological polar surface area (TPSA) is 64.4 Å². The number of methoxy groups -OCH3 is 1. The number of nitrogens with zero attached hydrogens (tertiary/aromatic N) is 3. The van der Waals surface area contributed by atoms with E-state index in [2.05, 4.69) is 5.10 Å². The second-order valence-electron chi connectivity index (χ2n) is 5.05. The van der Waals surface area contributed by atoms with Crippen LogP contribution in [-0.2, 0) is 29.5 Å². The second kappa shape index (κ2) is 5.03. The van der Waals surface area contributed by atoms with Crippen LogP contribution in [0.3, 0.4) is 0 Å². The predicted octanol–water partition coefficient (Wildman–Crippen LogP) is 0.747. The Balaban J connectivity index is 2.29. The van der Waals surface area contributed by atoms with Gasteiger partial charge < -0.3 is 9.64 Å². The van der Waals surface area contributed by atoms with Gasteiger partial charge in [0.15, 0.2) is 5.69 Å². The molecule has 104 valence electrons. The lowest BCUT2D eigenvalue weighted by Gasteiger charge is -2.29. The molecular formula is C13H19N3O3. The molecule has 1 aliphatic heterocycles. The molecule has 1 aromatic rings. The average Bonchev–Trinajstić information content (AvgIpc) is 2.74. The van der Waals surface area contributed by atoms with Crippen molar-refractivity contribution in [2.45, 2.75) is 26.8 Å². The quantitative estimate of drug-likeness (QED) is 0.740. The van der Waals surface area contributed by atoms with Gasteiger partial charge in [-0.2, -0.15) is 5.10 Å². The van der Waals surface area contributed by atoms with Crippen molar-refractivity contribution in [2.24, 2.45) is 13.0 Å². The zero-order chi connectivity index (χ0) is 14.2. The van der Waals surface area contributed by atoms with Crippen LogP contribution >= 0.6 is 0 Å². The Morgan fingerprint density at radius 2 is 2.05 bits per heavy atom. The molecule has 0 aromatic carbocycles. The van der Waals surface area contributed by atoms with E-state index in [0.717, 1.165) is 11.3 Å². The van der Waals surface area contributed by atoms with E-state index in [1.54, 1.807) is 11.7 Å². The zero-order valence-electron chi connectivity index (χ0n) is 11.8. The van der Waals surface area contributed by atoms with E-state index < -0.39 is 5.97 Å². The first-order valence-corrected chi connectivity index (χ1v) is 6.37. The summed E-state index contributed by atoms with van der Waals surface area (Å²) in [6.45, 7) is 4.91. The first kappa shape index (κ1) is 13.6. The molecule has 0 unspecified atom stereocenters. The van der Waals surface area contributed by atoms with Crippen molar-refractivity contribution in [3.05, 3.63) is 17.0 Å². The number of carbonyl (C=O) groups excluding carboxylic acids is 2. The SMILES string of the molecule is COC(=O)c1nn(C)c2c1CCN(C(=O)C(C)C)C2. The highest BCUT2D eigenvalue weighted by molar-refractivity contribution is 5.89. The summed E-state index contributed by atoms with van der Waals surface area (Å²) in [7, 11) is 3.13. The van der Waals surface area contributed by atoms with Gasteiger partial charge in [0.2, 0.25) is 5.91 Å². The van der Waals surface area contributed by atoms with Crippen LogP contribution in [0.2, 0.25) is 0 Å². The number of amides is 1. The number of aromatic nitrogens is 2. The highest BCUT2D eigenvalue weighted by atomic mass is 16.5. The molecule has 0 N–H and O–H groups in total. The summed E-state index contributed by atoms with van der Waals surface area (Å²) in [4.78, 5) is 25.5. The second-order valence-corrected chi connectivity index (χ2v) is 5.05. The van der Waals surface area contributed by atoms with Gasteiger partial charge in [-0.3, -0.25) is 9.48 Å². The van der Waals surface area contributed by atoms with E-state index in [1.165, 1.54) is 7.11 Å².